The number of phenols is 1. The molecule has 1 aliphatic rings. The summed E-state index contributed by atoms with van der Waals surface area (Å²) in [5.41, 5.74) is 4.43. The highest BCUT2D eigenvalue weighted by Gasteiger charge is 2.18. The van der Waals surface area contributed by atoms with E-state index >= 15 is 0 Å². The average molecular weight is 340 g/mol. The van der Waals surface area contributed by atoms with E-state index in [9.17, 15) is 10.2 Å². The van der Waals surface area contributed by atoms with Gasteiger partial charge in [0.15, 0.2) is 0 Å². The van der Waals surface area contributed by atoms with Crippen LogP contribution < -0.4 is 5.32 Å². The molecule has 4 heteroatoms. The minimum atomic E-state index is 0.319. The first-order valence-electron chi connectivity index (χ1n) is 9.08. The molecule has 0 aliphatic carbocycles. The van der Waals surface area contributed by atoms with E-state index in [-0.39, 0.29) is 0 Å². The number of aromatic hydroxyl groups is 1. The standard InChI is InChI=1S/C21H28N2O2/c1-16-5-6-21(25)19(11-16)13-22-20-4-2-3-18(12-20)14-23-9-7-17(15-24)8-10-23/h2-6,11-12,17,22,24-25H,7-10,13-15H2,1H3. The Labute approximate surface area is 150 Å². The number of aliphatic hydroxyl groups is 1. The largest absolute Gasteiger partial charge is 0.508 e. The van der Waals surface area contributed by atoms with Crippen molar-refractivity contribution in [1.82, 2.24) is 4.90 Å². The zero-order chi connectivity index (χ0) is 17.6. The van der Waals surface area contributed by atoms with Gasteiger partial charge < -0.3 is 15.5 Å². The van der Waals surface area contributed by atoms with Crippen molar-refractivity contribution in [2.24, 2.45) is 5.92 Å². The molecule has 3 rings (SSSR count). The van der Waals surface area contributed by atoms with Crippen LogP contribution in [0.1, 0.15) is 29.5 Å². The van der Waals surface area contributed by atoms with Gasteiger partial charge in [0.05, 0.1) is 0 Å². The Hall–Kier alpha value is -2.04. The van der Waals surface area contributed by atoms with Crippen molar-refractivity contribution < 1.29 is 10.2 Å². The lowest BCUT2D eigenvalue weighted by Crippen LogP contribution is -2.34. The van der Waals surface area contributed by atoms with E-state index in [1.54, 1.807) is 6.07 Å². The van der Waals surface area contributed by atoms with Crippen molar-refractivity contribution in [3.8, 4) is 5.75 Å². The molecule has 3 N–H and O–H groups in total. The van der Waals surface area contributed by atoms with Crippen molar-refractivity contribution in [2.75, 3.05) is 25.0 Å². The molecular formula is C21H28N2O2. The van der Waals surface area contributed by atoms with E-state index in [1.165, 1.54) is 5.56 Å². The minimum absolute atomic E-state index is 0.319. The second-order valence-electron chi connectivity index (χ2n) is 7.09. The second-order valence-corrected chi connectivity index (χ2v) is 7.09. The van der Waals surface area contributed by atoms with Crippen LogP contribution in [0.5, 0.6) is 5.75 Å². The van der Waals surface area contributed by atoms with Crippen LogP contribution >= 0.6 is 0 Å². The quantitative estimate of drug-likeness (QED) is 0.753. The van der Waals surface area contributed by atoms with Crippen LogP contribution in [0.25, 0.3) is 0 Å². The van der Waals surface area contributed by atoms with E-state index in [1.807, 2.05) is 19.1 Å². The molecule has 25 heavy (non-hydrogen) atoms. The number of hydrogen-bond acceptors (Lipinski definition) is 4. The maximum absolute atomic E-state index is 9.96. The van der Waals surface area contributed by atoms with E-state index in [4.69, 9.17) is 0 Å². The molecular weight excluding hydrogens is 312 g/mol. The number of nitrogens with zero attached hydrogens (tertiary/aromatic N) is 1. The number of hydrogen-bond donors (Lipinski definition) is 3. The van der Waals surface area contributed by atoms with Gasteiger partial charge in [-0.05, 0) is 62.5 Å². The van der Waals surface area contributed by atoms with E-state index in [0.717, 1.165) is 49.3 Å². The summed E-state index contributed by atoms with van der Waals surface area (Å²) in [6.45, 7) is 6.02. The van der Waals surface area contributed by atoms with Crippen LogP contribution in [0.3, 0.4) is 0 Å². The van der Waals surface area contributed by atoms with Crippen LogP contribution in [0.15, 0.2) is 42.5 Å². The Kier molecular flexibility index (Phi) is 5.95. The highest BCUT2D eigenvalue weighted by Crippen LogP contribution is 2.22. The third-order valence-corrected chi connectivity index (χ3v) is 5.02. The highest BCUT2D eigenvalue weighted by atomic mass is 16.3. The van der Waals surface area contributed by atoms with Crippen molar-refractivity contribution in [2.45, 2.75) is 32.9 Å². The average Bonchev–Trinajstić information content (AvgIpc) is 2.63. The summed E-state index contributed by atoms with van der Waals surface area (Å²) < 4.78 is 0. The van der Waals surface area contributed by atoms with Gasteiger partial charge in [-0.2, -0.15) is 0 Å². The molecule has 0 saturated carbocycles. The summed E-state index contributed by atoms with van der Waals surface area (Å²) in [6.07, 6.45) is 2.17. The fourth-order valence-electron chi connectivity index (χ4n) is 3.42. The summed E-state index contributed by atoms with van der Waals surface area (Å²) in [5.74, 6) is 0.812. The summed E-state index contributed by atoms with van der Waals surface area (Å²) >= 11 is 0. The molecule has 1 saturated heterocycles. The number of aliphatic hydroxyl groups excluding tert-OH is 1. The van der Waals surface area contributed by atoms with E-state index in [2.05, 4.69) is 34.5 Å². The van der Waals surface area contributed by atoms with Gasteiger partial charge in [0.2, 0.25) is 0 Å². The number of benzene rings is 2. The zero-order valence-electron chi connectivity index (χ0n) is 14.9. The third kappa shape index (κ3) is 4.97. The third-order valence-electron chi connectivity index (χ3n) is 5.02. The van der Waals surface area contributed by atoms with Crippen molar-refractivity contribution in [3.05, 3.63) is 59.2 Å². The number of rotatable bonds is 6. The molecule has 0 spiro atoms. The number of phenolic OH excluding ortho intramolecular Hbond substituents is 1. The number of anilines is 1. The molecule has 2 aromatic carbocycles. The summed E-state index contributed by atoms with van der Waals surface area (Å²) in [6, 6.07) is 14.2. The lowest BCUT2D eigenvalue weighted by atomic mass is 9.97. The highest BCUT2D eigenvalue weighted by molar-refractivity contribution is 5.47. The smallest absolute Gasteiger partial charge is 0.120 e. The van der Waals surface area contributed by atoms with Crippen molar-refractivity contribution in [1.29, 1.82) is 0 Å². The fraction of sp³-hybridized carbons (Fsp3) is 0.429. The number of piperidine rings is 1. The predicted octanol–water partition coefficient (Wildman–Crippen LogP) is 3.52. The monoisotopic (exact) mass is 340 g/mol. The Morgan fingerprint density at radius 3 is 2.68 bits per heavy atom. The predicted molar refractivity (Wildman–Crippen MR) is 102 cm³/mol. The Bertz CT molecular complexity index is 694. The van der Waals surface area contributed by atoms with Gasteiger partial charge in [0, 0.05) is 30.9 Å². The van der Waals surface area contributed by atoms with Gasteiger partial charge in [-0.3, -0.25) is 4.90 Å². The molecule has 134 valence electrons. The maximum Gasteiger partial charge on any atom is 0.120 e. The van der Waals surface area contributed by atoms with Crippen molar-refractivity contribution in [3.63, 3.8) is 0 Å². The molecule has 2 aromatic rings. The lowest BCUT2D eigenvalue weighted by Gasteiger charge is -2.31. The molecule has 1 aliphatic heterocycles. The van der Waals surface area contributed by atoms with E-state index < -0.39 is 0 Å². The van der Waals surface area contributed by atoms with Crippen molar-refractivity contribution >= 4 is 5.69 Å². The summed E-state index contributed by atoms with van der Waals surface area (Å²) in [4.78, 5) is 2.46. The normalized spacial score (nSPS) is 16.1. The Morgan fingerprint density at radius 1 is 1.12 bits per heavy atom. The second kappa shape index (κ2) is 8.37. The molecule has 1 fully saturated rings. The number of aryl methyl sites for hydroxylation is 1. The van der Waals surface area contributed by atoms with Crippen LogP contribution in [0.2, 0.25) is 0 Å². The molecule has 0 bridgehead atoms. The Balaban J connectivity index is 1.57. The zero-order valence-corrected chi connectivity index (χ0v) is 14.9. The molecule has 1 heterocycles. The van der Waals surface area contributed by atoms with Gasteiger partial charge in [-0.25, -0.2) is 0 Å². The topological polar surface area (TPSA) is 55.7 Å². The molecule has 0 atom stereocenters. The van der Waals surface area contributed by atoms with E-state index in [0.29, 0.717) is 24.8 Å². The van der Waals surface area contributed by atoms with Gasteiger partial charge in [0.1, 0.15) is 5.75 Å². The van der Waals surface area contributed by atoms with Crippen LogP contribution in [-0.2, 0) is 13.1 Å². The molecule has 0 amide bonds. The molecule has 4 nitrogen and oxygen atoms in total. The minimum Gasteiger partial charge on any atom is -0.508 e. The summed E-state index contributed by atoms with van der Waals surface area (Å²) in [7, 11) is 0. The van der Waals surface area contributed by atoms with Crippen LogP contribution in [0.4, 0.5) is 5.69 Å². The maximum atomic E-state index is 9.96. The lowest BCUT2D eigenvalue weighted by molar-refractivity contribution is 0.127. The Morgan fingerprint density at radius 2 is 1.92 bits per heavy atom. The van der Waals surface area contributed by atoms with Gasteiger partial charge in [0.25, 0.3) is 0 Å². The SMILES string of the molecule is Cc1ccc(O)c(CNc2cccc(CN3CCC(CO)CC3)c2)c1. The van der Waals surface area contributed by atoms with Gasteiger partial charge >= 0.3 is 0 Å². The molecule has 0 aromatic heterocycles. The molecule has 0 unspecified atom stereocenters. The van der Waals surface area contributed by atoms with Gasteiger partial charge in [-0.1, -0.05) is 29.8 Å². The molecule has 0 radical (unpaired) electrons. The summed E-state index contributed by atoms with van der Waals surface area (Å²) in [5, 5.41) is 22.6. The first-order valence-corrected chi connectivity index (χ1v) is 9.08. The van der Waals surface area contributed by atoms with Gasteiger partial charge in [-0.15, -0.1) is 0 Å². The first kappa shape index (κ1) is 17.8. The fourth-order valence-corrected chi connectivity index (χ4v) is 3.42. The van der Waals surface area contributed by atoms with Crippen LogP contribution in [0, 0.1) is 12.8 Å². The number of nitrogens with one attached hydrogen (secondary N) is 1. The number of likely N-dealkylation sites (tertiary alicyclic amines) is 1. The van der Waals surface area contributed by atoms with Crippen LogP contribution in [-0.4, -0.2) is 34.8 Å². The first-order chi connectivity index (χ1) is 12.1.